The van der Waals surface area contributed by atoms with Crippen LogP contribution in [0.2, 0.25) is 5.02 Å². The Morgan fingerprint density at radius 1 is 1.18 bits per heavy atom. The summed E-state index contributed by atoms with van der Waals surface area (Å²) >= 11 is 6.22. The Bertz CT molecular complexity index is 362. The normalized spacial score (nSPS) is 17.6. The van der Waals surface area contributed by atoms with Gasteiger partial charge in [0.25, 0.3) is 0 Å². The summed E-state index contributed by atoms with van der Waals surface area (Å²) in [7, 11) is 0. The minimum Gasteiger partial charge on any atom is -0.392 e. The van der Waals surface area contributed by atoms with Gasteiger partial charge in [0, 0.05) is 19.3 Å². The highest BCUT2D eigenvalue weighted by molar-refractivity contribution is 6.33. The lowest BCUT2D eigenvalue weighted by molar-refractivity contribution is 0.281. The first-order valence-corrected chi connectivity index (χ1v) is 6.69. The lowest BCUT2D eigenvalue weighted by Crippen LogP contribution is -2.28. The first kappa shape index (κ1) is 12.7. The van der Waals surface area contributed by atoms with Crippen molar-refractivity contribution in [2.24, 2.45) is 0 Å². The van der Waals surface area contributed by atoms with Crippen molar-refractivity contribution in [1.82, 2.24) is 4.98 Å². The van der Waals surface area contributed by atoms with Gasteiger partial charge in [-0.1, -0.05) is 30.9 Å². The summed E-state index contributed by atoms with van der Waals surface area (Å²) in [4.78, 5) is 6.65. The van der Waals surface area contributed by atoms with E-state index in [0.717, 1.165) is 24.5 Å². The van der Waals surface area contributed by atoms with Crippen molar-refractivity contribution in [3.8, 4) is 0 Å². The first-order valence-electron chi connectivity index (χ1n) is 6.31. The minimum atomic E-state index is -0.00694. The van der Waals surface area contributed by atoms with E-state index >= 15 is 0 Å². The second-order valence-corrected chi connectivity index (χ2v) is 4.97. The first-order chi connectivity index (χ1) is 8.31. The SMILES string of the molecule is OCc1cnc(N2CCCCCCC2)c(Cl)c1. The molecule has 94 valence electrons. The van der Waals surface area contributed by atoms with Gasteiger partial charge in [-0.2, -0.15) is 0 Å². The number of pyridine rings is 1. The molecule has 0 bridgehead atoms. The molecule has 0 aliphatic carbocycles. The molecule has 4 heteroatoms. The number of hydrogen-bond acceptors (Lipinski definition) is 3. The van der Waals surface area contributed by atoms with Gasteiger partial charge in [0.05, 0.1) is 11.6 Å². The van der Waals surface area contributed by atoms with Gasteiger partial charge in [0.15, 0.2) is 0 Å². The van der Waals surface area contributed by atoms with Crippen LogP contribution in [0.4, 0.5) is 5.82 Å². The van der Waals surface area contributed by atoms with Crippen LogP contribution in [0.15, 0.2) is 12.3 Å². The zero-order valence-corrected chi connectivity index (χ0v) is 10.8. The largest absolute Gasteiger partial charge is 0.392 e. The van der Waals surface area contributed by atoms with E-state index in [1.165, 1.54) is 32.1 Å². The van der Waals surface area contributed by atoms with Crippen molar-refractivity contribution in [2.45, 2.75) is 38.7 Å². The molecule has 3 nitrogen and oxygen atoms in total. The van der Waals surface area contributed by atoms with Crippen LogP contribution in [0.5, 0.6) is 0 Å². The second kappa shape index (κ2) is 6.22. The average molecular weight is 255 g/mol. The molecule has 1 N–H and O–H groups in total. The van der Waals surface area contributed by atoms with Gasteiger partial charge in [-0.05, 0) is 24.5 Å². The summed E-state index contributed by atoms with van der Waals surface area (Å²) in [6.07, 6.45) is 8.06. The Morgan fingerprint density at radius 3 is 2.41 bits per heavy atom. The molecule has 0 saturated carbocycles. The van der Waals surface area contributed by atoms with E-state index in [1.807, 2.05) is 6.07 Å². The van der Waals surface area contributed by atoms with Gasteiger partial charge in [-0.25, -0.2) is 4.98 Å². The summed E-state index contributed by atoms with van der Waals surface area (Å²) in [6, 6.07) is 1.81. The maximum Gasteiger partial charge on any atom is 0.147 e. The van der Waals surface area contributed by atoms with Gasteiger partial charge in [-0.15, -0.1) is 0 Å². The van der Waals surface area contributed by atoms with Crippen molar-refractivity contribution in [1.29, 1.82) is 0 Å². The van der Waals surface area contributed by atoms with E-state index in [9.17, 15) is 0 Å². The molecule has 2 rings (SSSR count). The molecule has 0 radical (unpaired) electrons. The number of anilines is 1. The lowest BCUT2D eigenvalue weighted by Gasteiger charge is -2.26. The molecule has 2 heterocycles. The Kier molecular flexibility index (Phi) is 4.63. The van der Waals surface area contributed by atoms with Crippen LogP contribution in [0.1, 0.15) is 37.7 Å². The molecule has 1 aromatic rings. The van der Waals surface area contributed by atoms with Crippen LogP contribution in [0, 0.1) is 0 Å². The quantitative estimate of drug-likeness (QED) is 0.882. The highest BCUT2D eigenvalue weighted by Crippen LogP contribution is 2.26. The highest BCUT2D eigenvalue weighted by atomic mass is 35.5. The zero-order valence-electron chi connectivity index (χ0n) is 10.0. The van der Waals surface area contributed by atoms with E-state index in [1.54, 1.807) is 6.20 Å². The van der Waals surface area contributed by atoms with E-state index < -0.39 is 0 Å². The van der Waals surface area contributed by atoms with Crippen molar-refractivity contribution in [2.75, 3.05) is 18.0 Å². The van der Waals surface area contributed by atoms with E-state index in [2.05, 4.69) is 9.88 Å². The molecule has 1 fully saturated rings. The fraction of sp³-hybridized carbons (Fsp3) is 0.615. The molecule has 17 heavy (non-hydrogen) atoms. The molecule has 0 amide bonds. The van der Waals surface area contributed by atoms with Gasteiger partial charge >= 0.3 is 0 Å². The van der Waals surface area contributed by atoms with E-state index in [-0.39, 0.29) is 6.61 Å². The number of aliphatic hydroxyl groups excluding tert-OH is 1. The third kappa shape index (κ3) is 3.33. The van der Waals surface area contributed by atoms with E-state index in [4.69, 9.17) is 16.7 Å². The molecule has 1 aromatic heterocycles. The number of nitrogens with zero attached hydrogens (tertiary/aromatic N) is 2. The van der Waals surface area contributed by atoms with Crippen molar-refractivity contribution >= 4 is 17.4 Å². The van der Waals surface area contributed by atoms with Gasteiger partial charge < -0.3 is 10.0 Å². The van der Waals surface area contributed by atoms with Gasteiger partial charge in [-0.3, -0.25) is 0 Å². The average Bonchev–Trinajstić information content (AvgIpc) is 2.29. The van der Waals surface area contributed by atoms with Gasteiger partial charge in [0.2, 0.25) is 0 Å². The number of aromatic nitrogens is 1. The monoisotopic (exact) mass is 254 g/mol. The third-order valence-corrected chi connectivity index (χ3v) is 3.49. The Morgan fingerprint density at radius 2 is 1.82 bits per heavy atom. The summed E-state index contributed by atoms with van der Waals surface area (Å²) in [6.45, 7) is 2.06. The molecule has 0 atom stereocenters. The molecule has 0 unspecified atom stereocenters. The smallest absolute Gasteiger partial charge is 0.147 e. The van der Waals surface area contributed by atoms with Crippen molar-refractivity contribution in [3.63, 3.8) is 0 Å². The van der Waals surface area contributed by atoms with Crippen molar-refractivity contribution in [3.05, 3.63) is 22.8 Å². The molecule has 1 aliphatic heterocycles. The highest BCUT2D eigenvalue weighted by Gasteiger charge is 2.13. The standard InChI is InChI=1S/C13H19ClN2O/c14-12-8-11(10-17)9-15-13(12)16-6-4-2-1-3-5-7-16/h8-9,17H,1-7,10H2. The van der Waals surface area contributed by atoms with E-state index in [0.29, 0.717) is 5.02 Å². The van der Waals surface area contributed by atoms with Gasteiger partial charge in [0.1, 0.15) is 5.82 Å². The molecule has 1 aliphatic rings. The van der Waals surface area contributed by atoms with Crippen LogP contribution in [0.25, 0.3) is 0 Å². The Hall–Kier alpha value is -0.800. The number of halogens is 1. The predicted octanol–water partition coefficient (Wildman–Crippen LogP) is 3.00. The lowest BCUT2D eigenvalue weighted by atomic mass is 10.1. The summed E-state index contributed by atoms with van der Waals surface area (Å²) < 4.78 is 0. The van der Waals surface area contributed by atoms with Crippen LogP contribution in [-0.2, 0) is 6.61 Å². The minimum absolute atomic E-state index is 0.00694. The topological polar surface area (TPSA) is 36.4 Å². The number of hydrogen-bond donors (Lipinski definition) is 1. The number of rotatable bonds is 2. The molecular weight excluding hydrogens is 236 g/mol. The van der Waals surface area contributed by atoms with Crippen LogP contribution >= 0.6 is 11.6 Å². The third-order valence-electron chi connectivity index (χ3n) is 3.22. The summed E-state index contributed by atoms with van der Waals surface area (Å²) in [5.41, 5.74) is 0.769. The van der Waals surface area contributed by atoms with Crippen molar-refractivity contribution < 1.29 is 5.11 Å². The summed E-state index contributed by atoms with van der Waals surface area (Å²) in [5.74, 6) is 0.866. The maximum absolute atomic E-state index is 9.03. The second-order valence-electron chi connectivity index (χ2n) is 4.56. The zero-order chi connectivity index (χ0) is 12.1. The van der Waals surface area contributed by atoms with Crippen LogP contribution in [-0.4, -0.2) is 23.2 Å². The maximum atomic E-state index is 9.03. The Balaban J connectivity index is 2.13. The molecule has 0 aromatic carbocycles. The summed E-state index contributed by atoms with van der Waals surface area (Å²) in [5, 5.41) is 9.68. The molecular formula is C13H19ClN2O. The molecule has 1 saturated heterocycles. The fourth-order valence-corrected chi connectivity index (χ4v) is 2.56. The number of aliphatic hydroxyl groups is 1. The predicted molar refractivity (Wildman–Crippen MR) is 70.5 cm³/mol. The van der Waals surface area contributed by atoms with Crippen LogP contribution in [0.3, 0.4) is 0 Å². The van der Waals surface area contributed by atoms with Crippen LogP contribution < -0.4 is 4.90 Å². The fourth-order valence-electron chi connectivity index (χ4n) is 2.25. The molecule has 0 spiro atoms. The Labute approximate surface area is 107 Å².